The van der Waals surface area contributed by atoms with Crippen molar-refractivity contribution in [2.45, 2.75) is 32.1 Å². The number of sulfone groups is 1. The molecule has 1 aliphatic heterocycles. The highest BCUT2D eigenvalue weighted by Gasteiger charge is 2.22. The lowest BCUT2D eigenvalue weighted by Gasteiger charge is -2.33. The highest BCUT2D eigenvalue weighted by atomic mass is 35.5. The molecule has 0 aromatic carbocycles. The molecule has 16 heavy (non-hydrogen) atoms. The number of piperazine rings is 1. The number of nitrogens with zero attached hydrogens (tertiary/aromatic N) is 1. The molecule has 0 spiro atoms. The van der Waals surface area contributed by atoms with Crippen LogP contribution >= 0.6 is 12.4 Å². The summed E-state index contributed by atoms with van der Waals surface area (Å²) in [6.45, 7) is 9.17. The Bertz CT molecular complexity index is 293. The van der Waals surface area contributed by atoms with Crippen molar-refractivity contribution in [1.29, 1.82) is 0 Å². The fourth-order valence-electron chi connectivity index (χ4n) is 1.70. The van der Waals surface area contributed by atoms with Gasteiger partial charge in [0, 0.05) is 32.2 Å². The van der Waals surface area contributed by atoms with Crippen LogP contribution in [-0.4, -0.2) is 56.5 Å². The number of nitrogens with one attached hydrogen (secondary N) is 1. The number of rotatable bonds is 4. The van der Waals surface area contributed by atoms with Crippen LogP contribution < -0.4 is 5.32 Å². The van der Waals surface area contributed by atoms with Crippen LogP contribution in [0, 0.1) is 0 Å². The van der Waals surface area contributed by atoms with Gasteiger partial charge in [-0.1, -0.05) is 0 Å². The van der Waals surface area contributed by atoms with Gasteiger partial charge in [0.1, 0.15) is 0 Å². The van der Waals surface area contributed by atoms with Gasteiger partial charge in [-0.3, -0.25) is 4.90 Å². The van der Waals surface area contributed by atoms with E-state index in [9.17, 15) is 8.42 Å². The van der Waals surface area contributed by atoms with E-state index in [1.165, 1.54) is 0 Å². The van der Waals surface area contributed by atoms with Crippen LogP contribution in [0.4, 0.5) is 0 Å². The Morgan fingerprint density at radius 1 is 1.44 bits per heavy atom. The molecule has 0 aliphatic carbocycles. The Kier molecular flexibility index (Phi) is 6.86. The lowest BCUT2D eigenvalue weighted by atomic mass is 10.2. The second-order valence-corrected chi connectivity index (χ2v) is 7.18. The summed E-state index contributed by atoms with van der Waals surface area (Å²) in [5.41, 5.74) is 0. The maximum atomic E-state index is 11.6. The van der Waals surface area contributed by atoms with Gasteiger partial charge in [-0.15, -0.1) is 12.4 Å². The van der Waals surface area contributed by atoms with Gasteiger partial charge in [-0.05, 0) is 20.8 Å². The van der Waals surface area contributed by atoms with Crippen LogP contribution in [0.25, 0.3) is 0 Å². The van der Waals surface area contributed by atoms with Crippen LogP contribution in [0.15, 0.2) is 0 Å². The van der Waals surface area contributed by atoms with Gasteiger partial charge in [0.05, 0.1) is 11.0 Å². The van der Waals surface area contributed by atoms with E-state index in [1.54, 1.807) is 13.8 Å². The minimum absolute atomic E-state index is 0. The molecule has 1 rings (SSSR count). The second-order valence-electron chi connectivity index (χ2n) is 4.50. The Morgan fingerprint density at radius 3 is 2.56 bits per heavy atom. The van der Waals surface area contributed by atoms with E-state index < -0.39 is 9.84 Å². The zero-order chi connectivity index (χ0) is 11.5. The summed E-state index contributed by atoms with van der Waals surface area (Å²) >= 11 is 0. The molecule has 4 nitrogen and oxygen atoms in total. The predicted octanol–water partition coefficient (Wildman–Crippen LogP) is 0.525. The third-order valence-electron chi connectivity index (χ3n) is 3.02. The van der Waals surface area contributed by atoms with E-state index in [0.29, 0.717) is 12.6 Å². The summed E-state index contributed by atoms with van der Waals surface area (Å²) in [6, 6.07) is 0.445. The van der Waals surface area contributed by atoms with Crippen LogP contribution in [-0.2, 0) is 9.84 Å². The first kappa shape index (κ1) is 16.2. The summed E-state index contributed by atoms with van der Waals surface area (Å²) in [6.07, 6.45) is 0. The maximum absolute atomic E-state index is 11.6. The molecule has 1 heterocycles. The van der Waals surface area contributed by atoms with Crippen LogP contribution in [0.1, 0.15) is 20.8 Å². The SMILES string of the molecule is CC1CNCCN1CCS(=O)(=O)C(C)C.Cl. The van der Waals surface area contributed by atoms with Gasteiger partial charge >= 0.3 is 0 Å². The summed E-state index contributed by atoms with van der Waals surface area (Å²) in [4.78, 5) is 2.25. The van der Waals surface area contributed by atoms with Crippen molar-refractivity contribution in [2.24, 2.45) is 0 Å². The molecule has 1 aliphatic rings. The fraction of sp³-hybridized carbons (Fsp3) is 1.00. The van der Waals surface area contributed by atoms with E-state index in [4.69, 9.17) is 0 Å². The zero-order valence-corrected chi connectivity index (χ0v) is 11.9. The van der Waals surface area contributed by atoms with Gasteiger partial charge in [0.25, 0.3) is 0 Å². The van der Waals surface area contributed by atoms with E-state index in [1.807, 2.05) is 0 Å². The van der Waals surface area contributed by atoms with Gasteiger partial charge in [0.2, 0.25) is 0 Å². The molecule has 1 fully saturated rings. The van der Waals surface area contributed by atoms with Crippen molar-refractivity contribution in [3.63, 3.8) is 0 Å². The fourth-order valence-corrected chi connectivity index (χ4v) is 2.66. The topological polar surface area (TPSA) is 49.4 Å². The summed E-state index contributed by atoms with van der Waals surface area (Å²) in [5.74, 6) is 0.287. The average Bonchev–Trinajstić information content (AvgIpc) is 2.16. The Labute approximate surface area is 105 Å². The van der Waals surface area contributed by atoms with E-state index in [-0.39, 0.29) is 23.4 Å². The molecule has 1 saturated heterocycles. The van der Waals surface area contributed by atoms with Gasteiger partial charge in [-0.25, -0.2) is 8.42 Å². The highest BCUT2D eigenvalue weighted by molar-refractivity contribution is 7.92. The molecule has 0 amide bonds. The van der Waals surface area contributed by atoms with Crippen molar-refractivity contribution >= 4 is 22.2 Å². The maximum Gasteiger partial charge on any atom is 0.153 e. The van der Waals surface area contributed by atoms with Crippen LogP contribution in [0.2, 0.25) is 0 Å². The van der Waals surface area contributed by atoms with E-state index in [2.05, 4.69) is 17.1 Å². The van der Waals surface area contributed by atoms with Crippen molar-refractivity contribution in [2.75, 3.05) is 31.9 Å². The largest absolute Gasteiger partial charge is 0.314 e. The molecular formula is C10H23ClN2O2S. The standard InChI is InChI=1S/C10H22N2O2S.ClH/c1-9(2)15(13,14)7-6-12-5-4-11-8-10(12)3;/h9-11H,4-8H2,1-3H3;1H. The molecule has 0 aromatic rings. The van der Waals surface area contributed by atoms with Crippen molar-refractivity contribution in [3.8, 4) is 0 Å². The quantitative estimate of drug-likeness (QED) is 0.810. The number of halogens is 1. The second kappa shape index (κ2) is 6.79. The molecule has 0 radical (unpaired) electrons. The lowest BCUT2D eigenvalue weighted by Crippen LogP contribution is -2.51. The normalized spacial score (nSPS) is 23.1. The van der Waals surface area contributed by atoms with E-state index >= 15 is 0 Å². The van der Waals surface area contributed by atoms with Gasteiger partial charge in [0.15, 0.2) is 9.84 Å². The smallest absolute Gasteiger partial charge is 0.153 e. The number of hydrogen-bond donors (Lipinski definition) is 1. The van der Waals surface area contributed by atoms with E-state index in [0.717, 1.165) is 19.6 Å². The minimum atomic E-state index is -2.88. The molecule has 1 N–H and O–H groups in total. The monoisotopic (exact) mass is 270 g/mol. The van der Waals surface area contributed by atoms with Crippen molar-refractivity contribution < 1.29 is 8.42 Å². The minimum Gasteiger partial charge on any atom is -0.314 e. The Morgan fingerprint density at radius 2 is 2.06 bits per heavy atom. The first-order chi connectivity index (χ1) is 6.93. The molecule has 0 saturated carbocycles. The first-order valence-corrected chi connectivity index (χ1v) is 7.31. The Balaban J connectivity index is 0.00000225. The molecule has 1 atom stereocenters. The number of hydrogen-bond acceptors (Lipinski definition) is 4. The molecule has 98 valence electrons. The molecule has 6 heteroatoms. The van der Waals surface area contributed by atoms with Gasteiger partial charge < -0.3 is 5.32 Å². The summed E-state index contributed by atoms with van der Waals surface area (Å²) < 4.78 is 23.3. The van der Waals surface area contributed by atoms with Gasteiger partial charge in [-0.2, -0.15) is 0 Å². The average molecular weight is 271 g/mol. The molecule has 0 aromatic heterocycles. The third-order valence-corrected chi connectivity index (χ3v) is 5.21. The predicted molar refractivity (Wildman–Crippen MR) is 70.1 cm³/mol. The van der Waals surface area contributed by atoms with Crippen molar-refractivity contribution in [3.05, 3.63) is 0 Å². The zero-order valence-electron chi connectivity index (χ0n) is 10.3. The van der Waals surface area contributed by atoms with Crippen LogP contribution in [0.3, 0.4) is 0 Å². The summed E-state index contributed by atoms with van der Waals surface area (Å²) in [5, 5.41) is 3.04. The molecular weight excluding hydrogens is 248 g/mol. The highest BCUT2D eigenvalue weighted by Crippen LogP contribution is 2.06. The lowest BCUT2D eigenvalue weighted by molar-refractivity contribution is 0.184. The molecule has 0 bridgehead atoms. The van der Waals surface area contributed by atoms with Crippen LogP contribution in [0.5, 0.6) is 0 Å². The Hall–Kier alpha value is 0.160. The molecule has 1 unspecified atom stereocenters. The first-order valence-electron chi connectivity index (χ1n) is 5.60. The van der Waals surface area contributed by atoms with Crippen molar-refractivity contribution in [1.82, 2.24) is 10.2 Å². The third kappa shape index (κ3) is 4.57. The summed E-state index contributed by atoms with van der Waals surface area (Å²) in [7, 11) is -2.88.